The fourth-order valence-electron chi connectivity index (χ4n) is 3.69. The molecule has 1 aliphatic rings. The van der Waals surface area contributed by atoms with E-state index in [1.165, 1.54) is 24.3 Å². The van der Waals surface area contributed by atoms with Crippen LogP contribution in [0.25, 0.3) is 11.2 Å². The summed E-state index contributed by atoms with van der Waals surface area (Å²) in [6.45, 7) is 3.89. The molecular weight excluding hydrogens is 375 g/mol. The van der Waals surface area contributed by atoms with Gasteiger partial charge in [0.2, 0.25) is 0 Å². The van der Waals surface area contributed by atoms with Crippen molar-refractivity contribution in [2.75, 3.05) is 19.6 Å². The van der Waals surface area contributed by atoms with E-state index in [9.17, 15) is 9.18 Å². The molecule has 9 heteroatoms. The molecule has 1 fully saturated rings. The fourth-order valence-corrected chi connectivity index (χ4v) is 3.69. The molecule has 2 aromatic heterocycles. The van der Waals surface area contributed by atoms with Gasteiger partial charge in [-0.25, -0.2) is 19.0 Å². The van der Waals surface area contributed by atoms with E-state index >= 15 is 0 Å². The Morgan fingerprint density at radius 1 is 1.31 bits per heavy atom. The van der Waals surface area contributed by atoms with E-state index in [-0.39, 0.29) is 17.6 Å². The lowest BCUT2D eigenvalue weighted by Crippen LogP contribution is -2.39. The van der Waals surface area contributed by atoms with Gasteiger partial charge in [-0.2, -0.15) is 5.10 Å². The molecule has 0 saturated carbocycles. The molecule has 3 heterocycles. The number of ether oxygens (including phenoxy) is 1. The van der Waals surface area contributed by atoms with Gasteiger partial charge in [0.1, 0.15) is 17.1 Å². The van der Waals surface area contributed by atoms with Gasteiger partial charge < -0.3 is 15.4 Å². The van der Waals surface area contributed by atoms with Gasteiger partial charge in [-0.1, -0.05) is 0 Å². The topological polar surface area (TPSA) is 99.2 Å². The predicted octanol–water partition coefficient (Wildman–Crippen LogP) is 1.71. The van der Waals surface area contributed by atoms with E-state index in [4.69, 9.17) is 10.5 Å². The highest BCUT2D eigenvalue weighted by Gasteiger charge is 2.33. The Bertz CT molecular complexity index is 1010. The minimum absolute atomic E-state index is 0.0789. The summed E-state index contributed by atoms with van der Waals surface area (Å²) in [6, 6.07) is 5.64. The van der Waals surface area contributed by atoms with E-state index in [1.54, 1.807) is 28.9 Å². The number of hydrogen-bond donors (Lipinski definition) is 1. The number of carbonyl (C=O) groups excluding carboxylic acids is 1. The molecule has 1 aromatic carbocycles. The average molecular weight is 398 g/mol. The van der Waals surface area contributed by atoms with E-state index < -0.39 is 6.10 Å². The SMILES string of the molecule is C[C@@H](Oc1ccc(F)cc1)C(=O)N1CC[C@H](c2nn(CCN)c3nccnc23)C1. The molecular formula is C20H23FN6O2. The van der Waals surface area contributed by atoms with Gasteiger partial charge in [-0.3, -0.25) is 4.79 Å². The van der Waals surface area contributed by atoms with E-state index in [2.05, 4.69) is 15.1 Å². The molecule has 2 atom stereocenters. The summed E-state index contributed by atoms with van der Waals surface area (Å²) >= 11 is 0. The zero-order valence-corrected chi connectivity index (χ0v) is 16.2. The van der Waals surface area contributed by atoms with Crippen molar-refractivity contribution in [3.8, 4) is 5.75 Å². The Labute approximate surface area is 167 Å². The van der Waals surface area contributed by atoms with Crippen molar-refractivity contribution >= 4 is 17.1 Å². The third-order valence-electron chi connectivity index (χ3n) is 5.10. The highest BCUT2D eigenvalue weighted by molar-refractivity contribution is 5.81. The molecule has 0 spiro atoms. The molecule has 1 saturated heterocycles. The van der Waals surface area contributed by atoms with Crippen LogP contribution in [0.3, 0.4) is 0 Å². The molecule has 152 valence electrons. The van der Waals surface area contributed by atoms with E-state index in [1.807, 2.05) is 0 Å². The van der Waals surface area contributed by atoms with E-state index in [0.29, 0.717) is 37.6 Å². The van der Waals surface area contributed by atoms with Gasteiger partial charge in [-0.05, 0) is 37.6 Å². The third-order valence-corrected chi connectivity index (χ3v) is 5.10. The first-order valence-electron chi connectivity index (χ1n) is 9.65. The number of nitrogens with zero attached hydrogens (tertiary/aromatic N) is 5. The average Bonchev–Trinajstić information content (AvgIpc) is 3.35. The lowest BCUT2D eigenvalue weighted by atomic mass is 10.0. The summed E-state index contributed by atoms with van der Waals surface area (Å²) < 4.78 is 20.5. The largest absolute Gasteiger partial charge is 0.481 e. The molecule has 4 rings (SSSR count). The van der Waals surface area contributed by atoms with Crippen LogP contribution in [-0.2, 0) is 11.3 Å². The normalized spacial score (nSPS) is 17.6. The van der Waals surface area contributed by atoms with Crippen molar-refractivity contribution in [3.63, 3.8) is 0 Å². The highest BCUT2D eigenvalue weighted by Crippen LogP contribution is 2.30. The van der Waals surface area contributed by atoms with Gasteiger partial charge in [0.05, 0.1) is 12.2 Å². The Hall–Kier alpha value is -3.07. The van der Waals surface area contributed by atoms with Crippen LogP contribution in [0.4, 0.5) is 4.39 Å². The summed E-state index contributed by atoms with van der Waals surface area (Å²) in [4.78, 5) is 23.4. The summed E-state index contributed by atoms with van der Waals surface area (Å²) in [5.74, 6) is 0.0942. The number of likely N-dealkylation sites (tertiary alicyclic amines) is 1. The molecule has 3 aromatic rings. The molecule has 0 bridgehead atoms. The summed E-state index contributed by atoms with van der Waals surface area (Å²) in [5, 5.41) is 4.68. The number of amides is 1. The summed E-state index contributed by atoms with van der Waals surface area (Å²) in [5.41, 5.74) is 8.01. The Balaban J connectivity index is 1.47. The quantitative estimate of drug-likeness (QED) is 0.679. The van der Waals surface area contributed by atoms with Crippen molar-refractivity contribution in [2.24, 2.45) is 5.73 Å². The monoisotopic (exact) mass is 398 g/mol. The third kappa shape index (κ3) is 3.91. The predicted molar refractivity (Wildman–Crippen MR) is 105 cm³/mol. The minimum atomic E-state index is -0.662. The lowest BCUT2D eigenvalue weighted by molar-refractivity contribution is -0.136. The van der Waals surface area contributed by atoms with Gasteiger partial charge in [0.15, 0.2) is 11.8 Å². The van der Waals surface area contributed by atoms with Gasteiger partial charge in [0.25, 0.3) is 5.91 Å². The van der Waals surface area contributed by atoms with Crippen LogP contribution < -0.4 is 10.5 Å². The molecule has 8 nitrogen and oxygen atoms in total. The summed E-state index contributed by atoms with van der Waals surface area (Å²) in [7, 11) is 0. The second-order valence-corrected chi connectivity index (χ2v) is 7.11. The van der Waals surface area contributed by atoms with Gasteiger partial charge in [-0.15, -0.1) is 0 Å². The molecule has 2 N–H and O–H groups in total. The van der Waals surface area contributed by atoms with Crippen molar-refractivity contribution in [3.05, 3.63) is 48.2 Å². The second-order valence-electron chi connectivity index (χ2n) is 7.11. The Kier molecular flexibility index (Phi) is 5.39. The number of hydrogen-bond acceptors (Lipinski definition) is 6. The van der Waals surface area contributed by atoms with E-state index in [0.717, 1.165) is 17.6 Å². The first kappa shape index (κ1) is 19.3. The standard InChI is InChI=1S/C20H23FN6O2/c1-13(29-16-4-2-15(21)3-5-16)20(28)26-10-6-14(12-26)17-18-19(24-9-8-23-18)27(25-17)11-7-22/h2-5,8-9,13-14H,6-7,10-12,22H2,1H3/t13-,14+/m1/s1. The van der Waals surface area contributed by atoms with Crippen LogP contribution in [-0.4, -0.2) is 56.3 Å². The Morgan fingerprint density at radius 2 is 2.07 bits per heavy atom. The lowest BCUT2D eigenvalue weighted by Gasteiger charge is -2.21. The molecule has 0 unspecified atom stereocenters. The molecule has 0 radical (unpaired) electrons. The first-order chi connectivity index (χ1) is 14.1. The smallest absolute Gasteiger partial charge is 0.263 e. The maximum atomic E-state index is 13.0. The molecule has 0 aliphatic carbocycles. The zero-order valence-electron chi connectivity index (χ0n) is 16.2. The van der Waals surface area contributed by atoms with Crippen LogP contribution in [0.1, 0.15) is 25.0 Å². The van der Waals surface area contributed by atoms with Crippen molar-refractivity contribution in [2.45, 2.75) is 31.9 Å². The van der Waals surface area contributed by atoms with Gasteiger partial charge in [0, 0.05) is 37.9 Å². The molecule has 29 heavy (non-hydrogen) atoms. The maximum absolute atomic E-state index is 13.0. The van der Waals surface area contributed by atoms with Crippen molar-refractivity contribution in [1.29, 1.82) is 0 Å². The molecule has 1 amide bonds. The van der Waals surface area contributed by atoms with Gasteiger partial charge >= 0.3 is 0 Å². The van der Waals surface area contributed by atoms with Crippen LogP contribution >= 0.6 is 0 Å². The molecule has 1 aliphatic heterocycles. The summed E-state index contributed by atoms with van der Waals surface area (Å²) in [6.07, 6.45) is 3.42. The number of benzene rings is 1. The number of fused-ring (bicyclic) bond motifs is 1. The maximum Gasteiger partial charge on any atom is 0.263 e. The highest BCUT2D eigenvalue weighted by atomic mass is 19.1. The van der Waals surface area contributed by atoms with Crippen molar-refractivity contribution < 1.29 is 13.9 Å². The van der Waals surface area contributed by atoms with Crippen molar-refractivity contribution in [1.82, 2.24) is 24.6 Å². The number of aromatic nitrogens is 4. The Morgan fingerprint density at radius 3 is 2.83 bits per heavy atom. The second kappa shape index (κ2) is 8.12. The van der Waals surface area contributed by atoms with Crippen LogP contribution in [0.2, 0.25) is 0 Å². The van der Waals surface area contributed by atoms with Crippen LogP contribution in [0, 0.1) is 5.82 Å². The fraction of sp³-hybridized carbons (Fsp3) is 0.400. The number of carbonyl (C=O) groups is 1. The number of rotatable bonds is 6. The minimum Gasteiger partial charge on any atom is -0.481 e. The number of nitrogens with two attached hydrogens (primary N) is 1. The zero-order chi connectivity index (χ0) is 20.4. The van der Waals surface area contributed by atoms with Crippen LogP contribution in [0.15, 0.2) is 36.7 Å². The number of halogens is 1. The van der Waals surface area contributed by atoms with Crippen LogP contribution in [0.5, 0.6) is 5.75 Å². The first-order valence-corrected chi connectivity index (χ1v) is 9.65.